The molecular weight excluding hydrogens is 340 g/mol. The lowest BCUT2D eigenvalue weighted by Crippen LogP contribution is -2.14. The second kappa shape index (κ2) is 11.9. The van der Waals surface area contributed by atoms with Crippen molar-refractivity contribution in [2.75, 3.05) is 0 Å². The van der Waals surface area contributed by atoms with E-state index in [0.717, 1.165) is 5.56 Å². The number of hydrogen-bond donors (Lipinski definition) is 1. The Bertz CT molecular complexity index is 560. The first-order valence-corrected chi connectivity index (χ1v) is 12.3. The topological polar surface area (TPSA) is 20.2 Å². The van der Waals surface area contributed by atoms with Crippen LogP contribution in [0.3, 0.4) is 0 Å². The van der Waals surface area contributed by atoms with Gasteiger partial charge in [0.05, 0.1) is 0 Å². The lowest BCUT2D eigenvalue weighted by molar-refractivity contribution is 0.402. The molecule has 1 heteroatoms. The monoisotopic (exact) mass is 386 g/mol. The van der Waals surface area contributed by atoms with Crippen LogP contribution in [0, 0.1) is 0 Å². The van der Waals surface area contributed by atoms with Crippen LogP contribution in [0.5, 0.6) is 5.75 Å². The van der Waals surface area contributed by atoms with E-state index in [1.54, 1.807) is 0 Å². The molecule has 0 unspecified atom stereocenters. The predicted octanol–water partition coefficient (Wildman–Crippen LogP) is 8.81. The molecule has 1 aliphatic carbocycles. The Labute approximate surface area is 175 Å². The lowest BCUT2D eigenvalue weighted by atomic mass is 9.78. The van der Waals surface area contributed by atoms with Crippen LogP contribution < -0.4 is 0 Å². The van der Waals surface area contributed by atoms with Crippen LogP contribution in [0.15, 0.2) is 12.1 Å². The Kier molecular flexibility index (Phi) is 9.89. The molecular formula is C27H46O. The third-order valence-electron chi connectivity index (χ3n) is 6.62. The second-order valence-corrected chi connectivity index (χ2v) is 10.2. The maximum absolute atomic E-state index is 11.0. The van der Waals surface area contributed by atoms with E-state index in [2.05, 4.69) is 39.8 Å². The summed E-state index contributed by atoms with van der Waals surface area (Å²) in [4.78, 5) is 0. The van der Waals surface area contributed by atoms with E-state index in [-0.39, 0.29) is 5.41 Å². The molecule has 1 N–H and O–H groups in total. The highest BCUT2D eigenvalue weighted by molar-refractivity contribution is 5.48. The standard InChI is InChI=1S/C27H46O/c1-5-6-7-8-9-10-11-12-14-17-22-20-24(23-18-15-13-16-19-23)26(28)25(21-22)27(2,3)4/h20-21,23,28H,5-19H2,1-4H3. The van der Waals surface area contributed by atoms with Crippen LogP contribution in [-0.2, 0) is 11.8 Å². The van der Waals surface area contributed by atoms with Crippen molar-refractivity contribution in [1.29, 1.82) is 0 Å². The van der Waals surface area contributed by atoms with E-state index in [9.17, 15) is 5.11 Å². The summed E-state index contributed by atoms with van der Waals surface area (Å²) < 4.78 is 0. The number of rotatable bonds is 11. The molecule has 1 nitrogen and oxygen atoms in total. The summed E-state index contributed by atoms with van der Waals surface area (Å²) in [5.74, 6) is 1.16. The summed E-state index contributed by atoms with van der Waals surface area (Å²) in [7, 11) is 0. The van der Waals surface area contributed by atoms with Crippen molar-refractivity contribution in [2.45, 2.75) is 135 Å². The fourth-order valence-corrected chi connectivity index (χ4v) is 4.80. The van der Waals surface area contributed by atoms with Gasteiger partial charge in [0.25, 0.3) is 0 Å². The average molecular weight is 387 g/mol. The Balaban J connectivity index is 1.92. The molecule has 1 aromatic rings. The minimum atomic E-state index is 0.00198. The fourth-order valence-electron chi connectivity index (χ4n) is 4.80. The van der Waals surface area contributed by atoms with Gasteiger partial charge in [-0.2, -0.15) is 0 Å². The van der Waals surface area contributed by atoms with E-state index in [1.807, 2.05) is 0 Å². The Morgan fingerprint density at radius 3 is 1.96 bits per heavy atom. The Morgan fingerprint density at radius 2 is 1.39 bits per heavy atom. The first-order valence-electron chi connectivity index (χ1n) is 12.3. The Hall–Kier alpha value is -0.980. The summed E-state index contributed by atoms with van der Waals surface area (Å²) in [6, 6.07) is 4.65. The summed E-state index contributed by atoms with van der Waals surface area (Å²) in [5.41, 5.74) is 3.85. The molecule has 0 aromatic heterocycles. The van der Waals surface area contributed by atoms with Gasteiger partial charge in [-0.25, -0.2) is 0 Å². The Morgan fingerprint density at radius 1 is 0.821 bits per heavy atom. The van der Waals surface area contributed by atoms with Crippen LogP contribution in [0.4, 0.5) is 0 Å². The van der Waals surface area contributed by atoms with Crippen molar-refractivity contribution in [2.24, 2.45) is 0 Å². The highest BCUT2D eigenvalue weighted by atomic mass is 16.3. The smallest absolute Gasteiger partial charge is 0.122 e. The molecule has 0 atom stereocenters. The van der Waals surface area contributed by atoms with Gasteiger partial charge in [-0.15, -0.1) is 0 Å². The lowest BCUT2D eigenvalue weighted by Gasteiger charge is -2.28. The number of hydrogen-bond acceptors (Lipinski definition) is 1. The quantitative estimate of drug-likeness (QED) is 0.377. The number of phenolic OH excluding ortho intramolecular Hbond substituents is 1. The predicted molar refractivity (Wildman–Crippen MR) is 124 cm³/mol. The molecule has 0 spiro atoms. The number of unbranched alkanes of at least 4 members (excludes halogenated alkanes) is 8. The maximum atomic E-state index is 11.0. The zero-order chi connectivity index (χ0) is 20.4. The molecule has 0 radical (unpaired) electrons. The van der Waals surface area contributed by atoms with Gasteiger partial charge in [0, 0.05) is 0 Å². The first kappa shape index (κ1) is 23.3. The SMILES string of the molecule is CCCCCCCCCCCc1cc(C2CCCCC2)c(O)c(C(C)(C)C)c1. The van der Waals surface area contributed by atoms with Gasteiger partial charge < -0.3 is 5.11 Å². The van der Waals surface area contributed by atoms with Crippen LogP contribution in [0.1, 0.15) is 140 Å². The highest BCUT2D eigenvalue weighted by Gasteiger charge is 2.25. The third-order valence-corrected chi connectivity index (χ3v) is 6.62. The van der Waals surface area contributed by atoms with Gasteiger partial charge in [0.2, 0.25) is 0 Å². The van der Waals surface area contributed by atoms with Gasteiger partial charge in [-0.05, 0) is 53.7 Å². The molecule has 0 heterocycles. The van der Waals surface area contributed by atoms with Crippen molar-refractivity contribution in [1.82, 2.24) is 0 Å². The molecule has 2 rings (SSSR count). The summed E-state index contributed by atoms with van der Waals surface area (Å²) in [6.45, 7) is 8.98. The van der Waals surface area contributed by atoms with E-state index in [1.165, 1.54) is 107 Å². The van der Waals surface area contributed by atoms with Crippen LogP contribution in [0.2, 0.25) is 0 Å². The number of benzene rings is 1. The molecule has 1 aromatic carbocycles. The highest BCUT2D eigenvalue weighted by Crippen LogP contribution is 2.42. The number of phenols is 1. The summed E-state index contributed by atoms with van der Waals surface area (Å²) in [5, 5.41) is 11.0. The van der Waals surface area contributed by atoms with E-state index in [0.29, 0.717) is 11.7 Å². The fraction of sp³-hybridized carbons (Fsp3) is 0.778. The van der Waals surface area contributed by atoms with Gasteiger partial charge >= 0.3 is 0 Å². The van der Waals surface area contributed by atoms with Crippen molar-refractivity contribution in [3.8, 4) is 5.75 Å². The van der Waals surface area contributed by atoms with Crippen molar-refractivity contribution in [3.05, 3.63) is 28.8 Å². The van der Waals surface area contributed by atoms with Crippen LogP contribution >= 0.6 is 0 Å². The molecule has 1 saturated carbocycles. The molecule has 0 bridgehead atoms. The normalized spacial score (nSPS) is 15.9. The molecule has 1 aliphatic rings. The summed E-state index contributed by atoms with van der Waals surface area (Å²) in [6.07, 6.45) is 20.1. The molecule has 0 amide bonds. The molecule has 1 fully saturated rings. The molecule has 160 valence electrons. The van der Waals surface area contributed by atoms with Crippen molar-refractivity contribution < 1.29 is 5.11 Å². The second-order valence-electron chi connectivity index (χ2n) is 10.2. The zero-order valence-corrected chi connectivity index (χ0v) is 19.3. The van der Waals surface area contributed by atoms with Crippen molar-refractivity contribution >= 4 is 0 Å². The van der Waals surface area contributed by atoms with E-state index >= 15 is 0 Å². The first-order chi connectivity index (χ1) is 13.4. The molecule has 0 saturated heterocycles. The van der Waals surface area contributed by atoms with E-state index in [4.69, 9.17) is 0 Å². The maximum Gasteiger partial charge on any atom is 0.122 e. The van der Waals surface area contributed by atoms with Crippen LogP contribution in [0.25, 0.3) is 0 Å². The van der Waals surface area contributed by atoms with E-state index < -0.39 is 0 Å². The van der Waals surface area contributed by atoms with Gasteiger partial charge in [0.15, 0.2) is 0 Å². The molecule has 0 aliphatic heterocycles. The largest absolute Gasteiger partial charge is 0.507 e. The summed E-state index contributed by atoms with van der Waals surface area (Å²) >= 11 is 0. The molecule has 28 heavy (non-hydrogen) atoms. The van der Waals surface area contributed by atoms with Gasteiger partial charge in [-0.1, -0.05) is 110 Å². The number of aryl methyl sites for hydroxylation is 1. The minimum Gasteiger partial charge on any atom is -0.507 e. The van der Waals surface area contributed by atoms with Gasteiger partial charge in [0.1, 0.15) is 5.75 Å². The van der Waals surface area contributed by atoms with Gasteiger partial charge in [-0.3, -0.25) is 0 Å². The minimum absolute atomic E-state index is 0.00198. The average Bonchev–Trinajstić information content (AvgIpc) is 2.67. The zero-order valence-electron chi connectivity index (χ0n) is 19.3. The number of aromatic hydroxyl groups is 1. The third kappa shape index (κ3) is 7.45. The van der Waals surface area contributed by atoms with Crippen molar-refractivity contribution in [3.63, 3.8) is 0 Å². The van der Waals surface area contributed by atoms with Crippen LogP contribution in [-0.4, -0.2) is 5.11 Å².